The van der Waals surface area contributed by atoms with Crippen molar-refractivity contribution in [2.75, 3.05) is 26.2 Å². The zero-order chi connectivity index (χ0) is 20.4. The quantitative estimate of drug-likeness (QED) is 0.407. The highest BCUT2D eigenvalue weighted by Gasteiger charge is 2.23. The number of carbonyl (C=O) groups is 4. The molecular weight excluding hydrogens is 358 g/mol. The molecule has 0 bridgehead atoms. The van der Waals surface area contributed by atoms with Crippen molar-refractivity contribution in [3.63, 3.8) is 0 Å². The molecule has 1 atom stereocenters. The number of carbonyl (C=O) groups excluding carboxylic acids is 4. The van der Waals surface area contributed by atoms with E-state index in [0.717, 1.165) is 58.0 Å². The summed E-state index contributed by atoms with van der Waals surface area (Å²) < 4.78 is 0. The van der Waals surface area contributed by atoms with E-state index in [1.807, 2.05) is 4.90 Å². The highest BCUT2D eigenvalue weighted by Crippen LogP contribution is 2.16. The summed E-state index contributed by atoms with van der Waals surface area (Å²) in [6, 6.07) is 0. The van der Waals surface area contributed by atoms with E-state index >= 15 is 0 Å². The van der Waals surface area contributed by atoms with Crippen molar-refractivity contribution in [1.29, 1.82) is 0 Å². The van der Waals surface area contributed by atoms with Crippen molar-refractivity contribution >= 4 is 23.6 Å². The Bertz CT molecular complexity index is 584. The molecule has 0 aromatic heterocycles. The van der Waals surface area contributed by atoms with E-state index in [1.54, 1.807) is 0 Å². The number of hydrogen-bond donors (Lipinski definition) is 1. The first-order chi connectivity index (χ1) is 13.5. The molecule has 1 N–H and O–H groups in total. The number of imide groups is 1. The van der Waals surface area contributed by atoms with Crippen LogP contribution in [0.5, 0.6) is 0 Å². The van der Waals surface area contributed by atoms with Crippen LogP contribution in [0.25, 0.3) is 0 Å². The van der Waals surface area contributed by atoms with Gasteiger partial charge in [0.15, 0.2) is 0 Å². The van der Waals surface area contributed by atoms with Gasteiger partial charge in [-0.05, 0) is 38.0 Å². The Labute approximate surface area is 167 Å². The average Bonchev–Trinajstić information content (AvgIpc) is 3.24. The maximum atomic E-state index is 12.0. The maximum absolute atomic E-state index is 12.0. The van der Waals surface area contributed by atoms with Gasteiger partial charge >= 0.3 is 0 Å². The van der Waals surface area contributed by atoms with Gasteiger partial charge in [-0.3, -0.25) is 24.1 Å². The monoisotopic (exact) mass is 391 g/mol. The van der Waals surface area contributed by atoms with E-state index in [1.165, 1.54) is 17.1 Å². The van der Waals surface area contributed by atoms with Crippen LogP contribution in [-0.4, -0.2) is 59.6 Å². The molecule has 2 aliphatic rings. The Morgan fingerprint density at radius 1 is 1.00 bits per heavy atom. The first-order valence-electron chi connectivity index (χ1n) is 10.6. The van der Waals surface area contributed by atoms with Gasteiger partial charge in [0.1, 0.15) is 0 Å². The van der Waals surface area contributed by atoms with E-state index in [0.29, 0.717) is 31.8 Å². The van der Waals surface area contributed by atoms with Crippen LogP contribution < -0.4 is 5.32 Å². The molecule has 7 nitrogen and oxygen atoms in total. The van der Waals surface area contributed by atoms with Crippen LogP contribution in [0.1, 0.15) is 64.7 Å². The fraction of sp³-hybridized carbons (Fsp3) is 0.714. The SMILES string of the molecule is C[C@H]1CCN(C(=O)CCCCCNC(=O)CCCCCN2C(=O)C=CC2=O)C1. The molecule has 4 amide bonds. The van der Waals surface area contributed by atoms with Crippen LogP contribution in [0.4, 0.5) is 0 Å². The molecule has 0 aliphatic carbocycles. The molecule has 2 aliphatic heterocycles. The van der Waals surface area contributed by atoms with Gasteiger partial charge in [-0.1, -0.05) is 19.8 Å². The second-order valence-corrected chi connectivity index (χ2v) is 7.87. The Morgan fingerprint density at radius 3 is 2.36 bits per heavy atom. The summed E-state index contributed by atoms with van der Waals surface area (Å²) in [6.07, 6.45) is 9.76. The highest BCUT2D eigenvalue weighted by atomic mass is 16.2. The third-order valence-corrected chi connectivity index (χ3v) is 5.35. The van der Waals surface area contributed by atoms with E-state index in [-0.39, 0.29) is 23.6 Å². The molecular formula is C21H33N3O4. The predicted octanol–water partition coefficient (Wildman–Crippen LogP) is 2.02. The molecule has 2 heterocycles. The first-order valence-corrected chi connectivity index (χ1v) is 10.6. The van der Waals surface area contributed by atoms with Crippen molar-refractivity contribution in [2.24, 2.45) is 5.92 Å². The lowest BCUT2D eigenvalue weighted by Gasteiger charge is -2.15. The van der Waals surface area contributed by atoms with Crippen molar-refractivity contribution in [3.05, 3.63) is 12.2 Å². The van der Waals surface area contributed by atoms with Crippen LogP contribution in [0.2, 0.25) is 0 Å². The molecule has 0 radical (unpaired) electrons. The number of nitrogens with one attached hydrogen (secondary N) is 1. The molecule has 0 saturated carbocycles. The van der Waals surface area contributed by atoms with Gasteiger partial charge in [0.2, 0.25) is 11.8 Å². The second kappa shape index (κ2) is 11.6. The topological polar surface area (TPSA) is 86.8 Å². The van der Waals surface area contributed by atoms with Crippen LogP contribution in [-0.2, 0) is 19.2 Å². The van der Waals surface area contributed by atoms with Crippen molar-refractivity contribution in [2.45, 2.75) is 64.7 Å². The summed E-state index contributed by atoms with van der Waals surface area (Å²) >= 11 is 0. The number of nitrogens with zero attached hydrogens (tertiary/aromatic N) is 2. The zero-order valence-corrected chi connectivity index (χ0v) is 17.0. The van der Waals surface area contributed by atoms with E-state index in [4.69, 9.17) is 0 Å². The van der Waals surface area contributed by atoms with Gasteiger partial charge in [0.25, 0.3) is 11.8 Å². The fourth-order valence-electron chi connectivity index (χ4n) is 3.60. The van der Waals surface area contributed by atoms with Crippen LogP contribution in [0, 0.1) is 5.92 Å². The molecule has 7 heteroatoms. The average molecular weight is 392 g/mol. The Balaban J connectivity index is 1.39. The minimum Gasteiger partial charge on any atom is -0.356 e. The Morgan fingerprint density at radius 2 is 1.68 bits per heavy atom. The van der Waals surface area contributed by atoms with Gasteiger partial charge in [0, 0.05) is 51.2 Å². The third kappa shape index (κ3) is 7.44. The highest BCUT2D eigenvalue weighted by molar-refractivity contribution is 6.12. The van der Waals surface area contributed by atoms with Gasteiger partial charge < -0.3 is 10.2 Å². The third-order valence-electron chi connectivity index (χ3n) is 5.35. The maximum Gasteiger partial charge on any atom is 0.253 e. The predicted molar refractivity (Wildman–Crippen MR) is 106 cm³/mol. The smallest absolute Gasteiger partial charge is 0.253 e. The summed E-state index contributed by atoms with van der Waals surface area (Å²) in [4.78, 5) is 49.8. The standard InChI is InChI=1S/C21H33N3O4/c1-17-12-15-23(16-17)19(26)9-5-2-6-13-22-18(25)8-4-3-7-14-24-20(27)10-11-21(24)28/h10-11,17H,2-9,12-16H2,1H3,(H,22,25)/t17-/m0/s1. The lowest BCUT2D eigenvalue weighted by Crippen LogP contribution is -2.30. The minimum absolute atomic E-state index is 0.0390. The molecule has 156 valence electrons. The van der Waals surface area contributed by atoms with E-state index in [9.17, 15) is 19.2 Å². The molecule has 28 heavy (non-hydrogen) atoms. The number of rotatable bonds is 12. The lowest BCUT2D eigenvalue weighted by molar-refractivity contribution is -0.137. The van der Waals surface area contributed by atoms with Crippen LogP contribution >= 0.6 is 0 Å². The van der Waals surface area contributed by atoms with Crippen molar-refractivity contribution < 1.29 is 19.2 Å². The normalized spacial score (nSPS) is 19.0. The van der Waals surface area contributed by atoms with Crippen LogP contribution in [0.15, 0.2) is 12.2 Å². The van der Waals surface area contributed by atoms with Crippen LogP contribution in [0.3, 0.4) is 0 Å². The van der Waals surface area contributed by atoms with Crippen molar-refractivity contribution in [3.8, 4) is 0 Å². The van der Waals surface area contributed by atoms with Gasteiger partial charge in [0.05, 0.1) is 0 Å². The fourth-order valence-corrected chi connectivity index (χ4v) is 3.60. The second-order valence-electron chi connectivity index (χ2n) is 7.87. The number of likely N-dealkylation sites (tertiary alicyclic amines) is 1. The number of amides is 4. The summed E-state index contributed by atoms with van der Waals surface area (Å²) in [5, 5.41) is 2.91. The molecule has 1 saturated heterocycles. The Kier molecular flexibility index (Phi) is 9.17. The molecule has 2 rings (SSSR count). The van der Waals surface area contributed by atoms with E-state index in [2.05, 4.69) is 12.2 Å². The minimum atomic E-state index is -0.251. The summed E-state index contributed by atoms with van der Waals surface area (Å²) in [5.41, 5.74) is 0. The largest absolute Gasteiger partial charge is 0.356 e. The lowest BCUT2D eigenvalue weighted by atomic mass is 10.1. The van der Waals surface area contributed by atoms with Gasteiger partial charge in [-0.15, -0.1) is 0 Å². The summed E-state index contributed by atoms with van der Waals surface area (Å²) in [7, 11) is 0. The molecule has 0 aromatic carbocycles. The Hall–Kier alpha value is -2.18. The zero-order valence-electron chi connectivity index (χ0n) is 17.0. The molecule has 0 spiro atoms. The van der Waals surface area contributed by atoms with E-state index < -0.39 is 0 Å². The molecule has 0 aromatic rings. The molecule has 0 unspecified atom stereocenters. The van der Waals surface area contributed by atoms with Crippen molar-refractivity contribution in [1.82, 2.24) is 15.1 Å². The molecule has 1 fully saturated rings. The summed E-state index contributed by atoms with van der Waals surface area (Å²) in [6.45, 7) is 5.05. The summed E-state index contributed by atoms with van der Waals surface area (Å²) in [5.74, 6) is 0.429. The van der Waals surface area contributed by atoms with Gasteiger partial charge in [-0.25, -0.2) is 0 Å². The van der Waals surface area contributed by atoms with Gasteiger partial charge in [-0.2, -0.15) is 0 Å². The number of unbranched alkanes of at least 4 members (excludes halogenated alkanes) is 4. The number of hydrogen-bond acceptors (Lipinski definition) is 4. The first kappa shape index (κ1) is 22.1.